The second-order valence-electron chi connectivity index (χ2n) is 7.20. The van der Waals surface area contributed by atoms with Gasteiger partial charge in [0.15, 0.2) is 0 Å². The molecule has 1 aromatic carbocycles. The number of fused-ring (bicyclic) bond motifs is 1. The third kappa shape index (κ3) is 4.76. The molecule has 3 rings (SSSR count). The molecule has 2 aliphatic rings. The molecule has 2 heterocycles. The maximum Gasteiger partial charge on any atom is 0.240 e. The number of halogens is 1. The van der Waals surface area contributed by atoms with Gasteiger partial charge < -0.3 is 9.80 Å². The van der Waals surface area contributed by atoms with Gasteiger partial charge in [0, 0.05) is 19.3 Å². The summed E-state index contributed by atoms with van der Waals surface area (Å²) in [6.45, 7) is 5.87. The van der Waals surface area contributed by atoms with Gasteiger partial charge >= 0.3 is 0 Å². The highest BCUT2D eigenvalue weighted by molar-refractivity contribution is 7.89. The molecule has 0 radical (unpaired) electrons. The van der Waals surface area contributed by atoms with E-state index in [0.717, 1.165) is 43.2 Å². The van der Waals surface area contributed by atoms with Gasteiger partial charge in [-0.25, -0.2) is 13.1 Å². The van der Waals surface area contributed by atoms with Crippen molar-refractivity contribution < 1.29 is 13.2 Å². The molecule has 0 unspecified atom stereocenters. The molecule has 1 N–H and O–H groups in total. The summed E-state index contributed by atoms with van der Waals surface area (Å²) < 4.78 is 27.6. The van der Waals surface area contributed by atoms with Gasteiger partial charge in [-0.05, 0) is 68.6 Å². The van der Waals surface area contributed by atoms with Crippen LogP contribution in [0.1, 0.15) is 31.7 Å². The topological polar surface area (TPSA) is 69.7 Å². The molecule has 0 bridgehead atoms. The molecule has 2 aliphatic heterocycles. The number of hydrogen-bond acceptors (Lipinski definition) is 4. The monoisotopic (exact) mass is 401 g/mol. The standard InChI is InChI=1S/C18H27N3O3S.ClH/c1-14-6-10-21(11-7-14)9-3-8-19-25(23,24)16-4-5-17-15(12-16)13-18(22)20(17)2;/h4-5,12,14,19H,3,6-11,13H2,1-2H3;1H. The molecule has 1 amide bonds. The number of likely N-dealkylation sites (tertiary alicyclic amines) is 1. The van der Waals surface area contributed by atoms with Gasteiger partial charge in [0.25, 0.3) is 0 Å². The summed E-state index contributed by atoms with van der Waals surface area (Å²) in [5, 5.41) is 0. The van der Waals surface area contributed by atoms with Crippen molar-refractivity contribution in [2.45, 2.75) is 37.5 Å². The molecule has 0 aliphatic carbocycles. The first-order valence-corrected chi connectivity index (χ1v) is 10.5. The molecule has 26 heavy (non-hydrogen) atoms. The van der Waals surface area contributed by atoms with Gasteiger partial charge in [-0.3, -0.25) is 4.79 Å². The van der Waals surface area contributed by atoms with E-state index < -0.39 is 10.0 Å². The fraction of sp³-hybridized carbons (Fsp3) is 0.611. The van der Waals surface area contributed by atoms with Crippen molar-refractivity contribution in [3.8, 4) is 0 Å². The van der Waals surface area contributed by atoms with Crippen LogP contribution in [-0.4, -0.2) is 52.5 Å². The van der Waals surface area contributed by atoms with Crippen molar-refractivity contribution in [3.63, 3.8) is 0 Å². The Morgan fingerprint density at radius 2 is 1.92 bits per heavy atom. The average molecular weight is 402 g/mol. The number of benzene rings is 1. The number of nitrogens with one attached hydrogen (secondary N) is 1. The highest BCUT2D eigenvalue weighted by atomic mass is 35.5. The Balaban J connectivity index is 0.00000243. The Hall–Kier alpha value is -1.15. The number of sulfonamides is 1. The predicted molar refractivity (Wildman–Crippen MR) is 105 cm³/mol. The molecule has 0 aromatic heterocycles. The molecular weight excluding hydrogens is 374 g/mol. The zero-order valence-corrected chi connectivity index (χ0v) is 17.0. The zero-order chi connectivity index (χ0) is 18.0. The normalized spacial score (nSPS) is 18.7. The Morgan fingerprint density at radius 3 is 2.62 bits per heavy atom. The van der Waals surface area contributed by atoms with Crippen molar-refractivity contribution in [2.75, 3.05) is 38.1 Å². The quantitative estimate of drug-likeness (QED) is 0.740. The van der Waals surface area contributed by atoms with E-state index in [2.05, 4.69) is 16.5 Å². The molecule has 146 valence electrons. The van der Waals surface area contributed by atoms with Crippen LogP contribution in [0.2, 0.25) is 0 Å². The SMILES string of the molecule is CC1CCN(CCCNS(=O)(=O)c2ccc3c(c2)CC(=O)N3C)CC1.Cl. The number of carbonyl (C=O) groups excluding carboxylic acids is 1. The highest BCUT2D eigenvalue weighted by Crippen LogP contribution is 2.29. The van der Waals surface area contributed by atoms with Crippen LogP contribution >= 0.6 is 12.4 Å². The summed E-state index contributed by atoms with van der Waals surface area (Å²) in [5.41, 5.74) is 1.57. The first-order valence-electron chi connectivity index (χ1n) is 8.98. The van der Waals surface area contributed by atoms with E-state index in [9.17, 15) is 13.2 Å². The van der Waals surface area contributed by atoms with E-state index in [4.69, 9.17) is 0 Å². The third-order valence-electron chi connectivity index (χ3n) is 5.26. The lowest BCUT2D eigenvalue weighted by Crippen LogP contribution is -2.35. The van der Waals surface area contributed by atoms with E-state index in [1.807, 2.05) is 0 Å². The lowest BCUT2D eigenvalue weighted by molar-refractivity contribution is -0.117. The summed E-state index contributed by atoms with van der Waals surface area (Å²) in [4.78, 5) is 15.9. The van der Waals surface area contributed by atoms with Crippen LogP contribution in [0.15, 0.2) is 23.1 Å². The van der Waals surface area contributed by atoms with Gasteiger partial charge in [-0.2, -0.15) is 0 Å². The number of amides is 1. The number of piperidine rings is 1. The average Bonchev–Trinajstić information content (AvgIpc) is 2.87. The predicted octanol–water partition coefficient (Wildman–Crippen LogP) is 2.03. The van der Waals surface area contributed by atoms with Crippen LogP contribution in [0.25, 0.3) is 0 Å². The molecule has 0 spiro atoms. The fourth-order valence-corrected chi connectivity index (χ4v) is 4.62. The molecule has 1 aromatic rings. The molecular formula is C18H28ClN3O3S. The number of rotatable bonds is 6. The smallest absolute Gasteiger partial charge is 0.240 e. The van der Waals surface area contributed by atoms with Crippen molar-refractivity contribution in [1.82, 2.24) is 9.62 Å². The summed E-state index contributed by atoms with van der Waals surface area (Å²) in [5.74, 6) is 0.800. The first-order chi connectivity index (χ1) is 11.9. The molecule has 1 saturated heterocycles. The lowest BCUT2D eigenvalue weighted by atomic mass is 9.99. The van der Waals surface area contributed by atoms with Gasteiger partial charge in [0.1, 0.15) is 0 Å². The number of nitrogens with zero attached hydrogens (tertiary/aromatic N) is 2. The molecule has 1 fully saturated rings. The van der Waals surface area contributed by atoms with E-state index in [-0.39, 0.29) is 29.6 Å². The minimum absolute atomic E-state index is 0. The largest absolute Gasteiger partial charge is 0.315 e. The Morgan fingerprint density at radius 1 is 1.23 bits per heavy atom. The summed E-state index contributed by atoms with van der Waals surface area (Å²) in [7, 11) is -1.82. The number of likely N-dealkylation sites (N-methyl/N-ethyl adjacent to an activating group) is 1. The second kappa shape index (κ2) is 8.69. The van der Waals surface area contributed by atoms with Crippen LogP contribution in [0.5, 0.6) is 0 Å². The first kappa shape index (κ1) is 21.2. The van der Waals surface area contributed by atoms with Crippen LogP contribution in [0, 0.1) is 5.92 Å². The Bertz CT molecular complexity index is 746. The number of anilines is 1. The van der Waals surface area contributed by atoms with Crippen molar-refractivity contribution in [1.29, 1.82) is 0 Å². The van der Waals surface area contributed by atoms with E-state index >= 15 is 0 Å². The molecule has 0 saturated carbocycles. The summed E-state index contributed by atoms with van der Waals surface area (Å²) in [6.07, 6.45) is 3.53. The second-order valence-corrected chi connectivity index (χ2v) is 8.96. The van der Waals surface area contributed by atoms with Gasteiger partial charge in [0.05, 0.1) is 11.3 Å². The minimum Gasteiger partial charge on any atom is -0.315 e. The van der Waals surface area contributed by atoms with Gasteiger partial charge in [-0.1, -0.05) is 6.92 Å². The number of hydrogen-bond donors (Lipinski definition) is 1. The van der Waals surface area contributed by atoms with Crippen LogP contribution in [-0.2, 0) is 21.2 Å². The highest BCUT2D eigenvalue weighted by Gasteiger charge is 2.26. The zero-order valence-electron chi connectivity index (χ0n) is 15.4. The number of carbonyl (C=O) groups is 1. The van der Waals surface area contributed by atoms with Gasteiger partial charge in [-0.15, -0.1) is 12.4 Å². The van der Waals surface area contributed by atoms with E-state index in [1.165, 1.54) is 12.8 Å². The molecule has 6 nitrogen and oxygen atoms in total. The van der Waals surface area contributed by atoms with Crippen LogP contribution in [0.3, 0.4) is 0 Å². The molecule has 0 atom stereocenters. The van der Waals surface area contributed by atoms with Crippen LogP contribution in [0.4, 0.5) is 5.69 Å². The maximum atomic E-state index is 12.5. The lowest BCUT2D eigenvalue weighted by Gasteiger charge is -2.30. The van der Waals surface area contributed by atoms with Crippen LogP contribution < -0.4 is 9.62 Å². The van der Waals surface area contributed by atoms with Crippen molar-refractivity contribution in [3.05, 3.63) is 23.8 Å². The molecule has 8 heteroatoms. The maximum absolute atomic E-state index is 12.5. The van der Waals surface area contributed by atoms with Crippen molar-refractivity contribution in [2.24, 2.45) is 5.92 Å². The fourth-order valence-electron chi connectivity index (χ4n) is 3.49. The third-order valence-corrected chi connectivity index (χ3v) is 6.72. The van der Waals surface area contributed by atoms with E-state index in [0.29, 0.717) is 6.54 Å². The van der Waals surface area contributed by atoms with Crippen molar-refractivity contribution >= 4 is 34.0 Å². The summed E-state index contributed by atoms with van der Waals surface area (Å²) in [6, 6.07) is 4.90. The minimum atomic E-state index is -3.53. The summed E-state index contributed by atoms with van der Waals surface area (Å²) >= 11 is 0. The van der Waals surface area contributed by atoms with E-state index in [1.54, 1.807) is 30.1 Å². The Labute approximate surface area is 162 Å². The Kier molecular flexibility index (Phi) is 7.07. The van der Waals surface area contributed by atoms with Gasteiger partial charge in [0.2, 0.25) is 15.9 Å².